The summed E-state index contributed by atoms with van der Waals surface area (Å²) in [6, 6.07) is 15.1. The van der Waals surface area contributed by atoms with Gasteiger partial charge in [-0.1, -0.05) is 49.2 Å². The molecule has 0 bridgehead atoms. The number of imidazole rings is 1. The highest BCUT2D eigenvalue weighted by molar-refractivity contribution is 6.30. The Morgan fingerprint density at radius 3 is 2.60 bits per heavy atom. The van der Waals surface area contributed by atoms with Crippen LogP contribution in [0.1, 0.15) is 69.2 Å². The van der Waals surface area contributed by atoms with E-state index < -0.39 is 0 Å². The number of para-hydroxylation sites is 2. The topological polar surface area (TPSA) is 61.2 Å². The molecule has 4 aliphatic rings. The van der Waals surface area contributed by atoms with Gasteiger partial charge in [-0.2, -0.15) is 0 Å². The molecule has 40 heavy (non-hydrogen) atoms. The van der Waals surface area contributed by atoms with Gasteiger partial charge in [0.25, 0.3) is 0 Å². The van der Waals surface area contributed by atoms with E-state index in [-0.39, 0.29) is 22.9 Å². The molecule has 2 fully saturated rings. The summed E-state index contributed by atoms with van der Waals surface area (Å²) < 4.78 is 8.17. The number of hydrogen-bond acceptors (Lipinski definition) is 4. The number of ether oxygens (including phenoxy) is 1. The van der Waals surface area contributed by atoms with E-state index in [9.17, 15) is 9.59 Å². The van der Waals surface area contributed by atoms with Crippen LogP contribution in [0.5, 0.6) is 0 Å². The minimum atomic E-state index is -0.272. The smallest absolute Gasteiger partial charge is 0.338 e. The molecule has 0 amide bonds. The van der Waals surface area contributed by atoms with Gasteiger partial charge in [-0.05, 0) is 98.1 Å². The van der Waals surface area contributed by atoms with Crippen LogP contribution in [0.2, 0.25) is 5.02 Å². The Hall–Kier alpha value is -3.18. The predicted octanol–water partition coefficient (Wildman–Crippen LogP) is 7.90. The molecule has 0 radical (unpaired) electrons. The fourth-order valence-electron chi connectivity index (χ4n) is 8.90. The number of carbonyl (C=O) groups is 2. The number of rotatable bonds is 4. The second kappa shape index (κ2) is 9.44. The first-order valence-corrected chi connectivity index (χ1v) is 15.0. The Bertz CT molecular complexity index is 1570. The molecule has 0 unspecified atom stereocenters. The van der Waals surface area contributed by atoms with Crippen molar-refractivity contribution in [2.75, 3.05) is 0 Å². The minimum absolute atomic E-state index is 0.0616. The average molecular weight is 555 g/mol. The minimum Gasteiger partial charge on any atom is -0.458 e. The van der Waals surface area contributed by atoms with Crippen LogP contribution in [0, 0.1) is 28.6 Å². The van der Waals surface area contributed by atoms with Crippen molar-refractivity contribution < 1.29 is 14.3 Å². The molecule has 1 heterocycles. The normalized spacial score (nSPS) is 33.1. The van der Waals surface area contributed by atoms with Crippen molar-refractivity contribution in [3.05, 3.63) is 82.7 Å². The molecule has 0 saturated heterocycles. The summed E-state index contributed by atoms with van der Waals surface area (Å²) in [5.41, 5.74) is 6.19. The molecule has 3 aromatic rings. The third kappa shape index (κ3) is 3.84. The Morgan fingerprint density at radius 1 is 1.02 bits per heavy atom. The number of benzene rings is 2. The van der Waals surface area contributed by atoms with Crippen LogP contribution in [0.25, 0.3) is 16.7 Å². The molecule has 0 spiro atoms. The van der Waals surface area contributed by atoms with Gasteiger partial charge < -0.3 is 9.30 Å². The monoisotopic (exact) mass is 554 g/mol. The van der Waals surface area contributed by atoms with E-state index in [0.29, 0.717) is 28.3 Å². The fourth-order valence-corrected chi connectivity index (χ4v) is 9.02. The first-order valence-electron chi connectivity index (χ1n) is 14.6. The molecule has 6 atom stereocenters. The zero-order chi connectivity index (χ0) is 27.6. The van der Waals surface area contributed by atoms with Crippen LogP contribution in [0.4, 0.5) is 0 Å². The lowest BCUT2D eigenvalue weighted by atomic mass is 9.47. The maximum absolute atomic E-state index is 12.8. The molecule has 206 valence electrons. The second-order valence-electron chi connectivity index (χ2n) is 12.8. The maximum atomic E-state index is 12.8. The van der Waals surface area contributed by atoms with Crippen molar-refractivity contribution in [3.63, 3.8) is 0 Å². The fraction of sp³-hybridized carbons (Fsp3) is 0.441. The summed E-state index contributed by atoms with van der Waals surface area (Å²) in [7, 11) is 0. The van der Waals surface area contributed by atoms with E-state index >= 15 is 0 Å². The van der Waals surface area contributed by atoms with Gasteiger partial charge in [0.05, 0.1) is 16.6 Å². The molecule has 2 saturated carbocycles. The number of carbonyl (C=O) groups excluding carboxylic acids is 2. The van der Waals surface area contributed by atoms with Crippen LogP contribution in [0.3, 0.4) is 0 Å². The summed E-state index contributed by atoms with van der Waals surface area (Å²) in [5, 5.41) is 0.610. The van der Waals surface area contributed by atoms with Gasteiger partial charge in [-0.3, -0.25) is 4.79 Å². The molecular formula is C34H35ClN2O3. The lowest BCUT2D eigenvalue weighted by molar-refractivity contribution is -0.105. The zero-order valence-electron chi connectivity index (χ0n) is 23.1. The van der Waals surface area contributed by atoms with Crippen LogP contribution in [-0.2, 0) is 9.53 Å². The predicted molar refractivity (Wildman–Crippen MR) is 157 cm³/mol. The first kappa shape index (κ1) is 25.8. The Morgan fingerprint density at radius 2 is 1.80 bits per heavy atom. The largest absolute Gasteiger partial charge is 0.458 e. The Labute approximate surface area is 240 Å². The molecule has 4 aliphatic carbocycles. The SMILES string of the molecule is C[C@]12CC[C@H](OC(=O)c3ccc(Cl)cc3)CC1=CC[C@@H]1[C@@H]2CC[C@]2(C)C(n3cnc4ccccc43)=C(C=O)C[C@@H]12. The van der Waals surface area contributed by atoms with Crippen LogP contribution in [0.15, 0.2) is 72.1 Å². The van der Waals surface area contributed by atoms with Gasteiger partial charge in [-0.15, -0.1) is 0 Å². The number of esters is 1. The summed E-state index contributed by atoms with van der Waals surface area (Å²) in [6.07, 6.45) is 12.2. The van der Waals surface area contributed by atoms with Crippen molar-refractivity contribution in [3.8, 4) is 0 Å². The number of halogens is 1. The van der Waals surface area contributed by atoms with Crippen LogP contribution < -0.4 is 0 Å². The second-order valence-corrected chi connectivity index (χ2v) is 13.2. The van der Waals surface area contributed by atoms with E-state index in [1.165, 1.54) is 5.57 Å². The van der Waals surface area contributed by atoms with E-state index in [1.54, 1.807) is 24.3 Å². The summed E-state index contributed by atoms with van der Waals surface area (Å²) >= 11 is 5.99. The van der Waals surface area contributed by atoms with Gasteiger partial charge in [0, 0.05) is 28.1 Å². The molecule has 7 rings (SSSR count). The highest BCUT2D eigenvalue weighted by Crippen LogP contribution is 2.66. The lowest BCUT2D eigenvalue weighted by Crippen LogP contribution is -2.50. The molecular weight excluding hydrogens is 520 g/mol. The summed E-state index contributed by atoms with van der Waals surface area (Å²) in [4.78, 5) is 29.9. The number of aromatic nitrogens is 2. The van der Waals surface area contributed by atoms with E-state index in [2.05, 4.69) is 35.5 Å². The van der Waals surface area contributed by atoms with Gasteiger partial charge in [0.15, 0.2) is 0 Å². The Kier molecular flexibility index (Phi) is 6.08. The van der Waals surface area contributed by atoms with E-state index in [4.69, 9.17) is 16.3 Å². The highest BCUT2D eigenvalue weighted by atomic mass is 35.5. The number of nitrogens with zero attached hydrogens (tertiary/aromatic N) is 2. The molecule has 2 aromatic carbocycles. The number of allylic oxidation sites excluding steroid dienone is 3. The van der Waals surface area contributed by atoms with Crippen molar-refractivity contribution >= 4 is 40.6 Å². The van der Waals surface area contributed by atoms with Crippen molar-refractivity contribution in [2.24, 2.45) is 28.6 Å². The molecule has 6 heteroatoms. The van der Waals surface area contributed by atoms with Gasteiger partial charge in [-0.25, -0.2) is 9.78 Å². The third-order valence-corrected chi connectivity index (χ3v) is 11.2. The maximum Gasteiger partial charge on any atom is 0.338 e. The van der Waals surface area contributed by atoms with Crippen molar-refractivity contribution in [1.82, 2.24) is 9.55 Å². The lowest BCUT2D eigenvalue weighted by Gasteiger charge is -2.57. The highest BCUT2D eigenvalue weighted by Gasteiger charge is 2.58. The standard InChI is InChI=1S/C34H35ClN2O3/c1-33-15-13-25(40-32(39)21-7-10-24(35)11-8-21)18-23(33)9-12-26-27(33)14-16-34(2)28(26)17-22(19-38)31(34)37-20-36-29-5-3-4-6-30(29)37/h3-11,19-20,25-28H,12-18H2,1-2H3/t25-,26+,27-,28-,33-,34-/m0/s1. The van der Waals surface area contributed by atoms with Gasteiger partial charge in [0.1, 0.15) is 18.7 Å². The van der Waals surface area contributed by atoms with E-state index in [1.807, 2.05) is 24.5 Å². The van der Waals surface area contributed by atoms with Gasteiger partial charge >= 0.3 is 5.97 Å². The quantitative estimate of drug-likeness (QED) is 0.187. The van der Waals surface area contributed by atoms with Crippen molar-refractivity contribution in [2.45, 2.75) is 64.9 Å². The summed E-state index contributed by atoms with van der Waals surface area (Å²) in [6.45, 7) is 4.84. The third-order valence-electron chi connectivity index (χ3n) is 10.9. The summed E-state index contributed by atoms with van der Waals surface area (Å²) in [5.74, 6) is 1.26. The number of hydrogen-bond donors (Lipinski definition) is 0. The van der Waals surface area contributed by atoms with Crippen molar-refractivity contribution in [1.29, 1.82) is 0 Å². The molecule has 1 aromatic heterocycles. The van der Waals surface area contributed by atoms with E-state index in [0.717, 1.165) is 73.5 Å². The van der Waals surface area contributed by atoms with Crippen LogP contribution >= 0.6 is 11.6 Å². The molecule has 0 aliphatic heterocycles. The molecule has 5 nitrogen and oxygen atoms in total. The number of aldehydes is 1. The van der Waals surface area contributed by atoms with Crippen LogP contribution in [-0.4, -0.2) is 27.9 Å². The Balaban J connectivity index is 1.14. The average Bonchev–Trinajstić information content (AvgIpc) is 3.51. The zero-order valence-corrected chi connectivity index (χ0v) is 23.9. The first-order chi connectivity index (χ1) is 19.3. The molecule has 0 N–H and O–H groups in total. The van der Waals surface area contributed by atoms with Gasteiger partial charge in [0.2, 0.25) is 0 Å². The number of fused-ring (bicyclic) bond motifs is 6.